The summed E-state index contributed by atoms with van der Waals surface area (Å²) in [7, 11) is 0. The number of benzene rings is 1. The minimum Gasteiger partial charge on any atom is -0.479 e. The van der Waals surface area contributed by atoms with Crippen molar-refractivity contribution in [2.24, 2.45) is 0 Å². The highest BCUT2D eigenvalue weighted by atomic mass is 79.9. The lowest BCUT2D eigenvalue weighted by Crippen LogP contribution is -2.46. The Morgan fingerprint density at radius 2 is 2.06 bits per heavy atom. The molecule has 0 radical (unpaired) electrons. The van der Waals surface area contributed by atoms with Crippen LogP contribution in [0.5, 0.6) is 0 Å². The van der Waals surface area contributed by atoms with E-state index in [1.807, 2.05) is 0 Å². The molecule has 1 unspecified atom stereocenters. The van der Waals surface area contributed by atoms with Gasteiger partial charge in [-0.3, -0.25) is 4.79 Å². The first kappa shape index (κ1) is 14.5. The van der Waals surface area contributed by atoms with Crippen molar-refractivity contribution in [3.63, 3.8) is 0 Å². The fourth-order valence-electron chi connectivity index (χ4n) is 1.17. The zero-order valence-electron chi connectivity index (χ0n) is 9.61. The van der Waals surface area contributed by atoms with Crippen LogP contribution in [0.2, 0.25) is 0 Å². The normalized spacial score (nSPS) is 13.7. The summed E-state index contributed by atoms with van der Waals surface area (Å²) in [6, 6.07) is 4.63. The number of carbonyl (C=O) groups is 2. The van der Waals surface area contributed by atoms with Crippen molar-refractivity contribution in [2.45, 2.75) is 12.5 Å². The molecule has 1 rings (SSSR count). The van der Waals surface area contributed by atoms with Crippen LogP contribution in [0.3, 0.4) is 0 Å². The van der Waals surface area contributed by atoms with Crippen molar-refractivity contribution >= 4 is 33.5 Å². The third-order valence-corrected chi connectivity index (χ3v) is 2.69. The number of hydrogen-bond acceptors (Lipinski definition) is 4. The third-order valence-electron chi connectivity index (χ3n) is 2.24. The molecular weight excluding hydrogens is 304 g/mol. The van der Waals surface area contributed by atoms with Crippen LogP contribution in [0.1, 0.15) is 17.3 Å². The molecule has 0 saturated carbocycles. The summed E-state index contributed by atoms with van der Waals surface area (Å²) in [4.78, 5) is 22.4. The quantitative estimate of drug-likeness (QED) is 0.607. The van der Waals surface area contributed by atoms with Crippen molar-refractivity contribution in [1.29, 1.82) is 0 Å². The second-order valence-electron chi connectivity index (χ2n) is 4.03. The monoisotopic (exact) mass is 316 g/mol. The summed E-state index contributed by atoms with van der Waals surface area (Å²) < 4.78 is 0.637. The molecule has 7 heteroatoms. The number of aliphatic carboxylic acids is 1. The summed E-state index contributed by atoms with van der Waals surface area (Å²) in [5.41, 5.74) is 4.25. The van der Waals surface area contributed by atoms with Gasteiger partial charge in [-0.25, -0.2) is 4.79 Å². The van der Waals surface area contributed by atoms with Gasteiger partial charge in [-0.1, -0.05) is 15.9 Å². The largest absolute Gasteiger partial charge is 0.479 e. The molecule has 1 aromatic rings. The number of rotatable bonds is 4. The average molecular weight is 317 g/mol. The van der Waals surface area contributed by atoms with Gasteiger partial charge in [0.05, 0.1) is 6.54 Å². The number of nitrogens with one attached hydrogen (secondary N) is 1. The molecule has 1 aromatic carbocycles. The number of anilines is 1. The number of aliphatic hydroxyl groups is 1. The summed E-state index contributed by atoms with van der Waals surface area (Å²) in [5.74, 6) is -1.92. The molecule has 0 aliphatic carbocycles. The Kier molecular flexibility index (Phi) is 4.31. The van der Waals surface area contributed by atoms with E-state index in [9.17, 15) is 14.7 Å². The van der Waals surface area contributed by atoms with E-state index < -0.39 is 24.0 Å². The summed E-state index contributed by atoms with van der Waals surface area (Å²) >= 11 is 3.19. The van der Waals surface area contributed by atoms with E-state index in [1.165, 1.54) is 6.07 Å². The third kappa shape index (κ3) is 3.71. The van der Waals surface area contributed by atoms with Crippen LogP contribution in [0.25, 0.3) is 0 Å². The fourth-order valence-corrected chi connectivity index (χ4v) is 1.68. The van der Waals surface area contributed by atoms with Crippen LogP contribution in [0.4, 0.5) is 5.69 Å². The lowest BCUT2D eigenvalue weighted by Gasteiger charge is -2.18. The van der Waals surface area contributed by atoms with Gasteiger partial charge in [-0.2, -0.15) is 0 Å². The maximum absolute atomic E-state index is 11.7. The highest BCUT2D eigenvalue weighted by Crippen LogP contribution is 2.17. The van der Waals surface area contributed by atoms with Crippen LogP contribution >= 0.6 is 15.9 Å². The van der Waals surface area contributed by atoms with E-state index in [4.69, 9.17) is 10.8 Å². The predicted molar refractivity (Wildman–Crippen MR) is 69.1 cm³/mol. The molecule has 1 amide bonds. The van der Waals surface area contributed by atoms with Gasteiger partial charge in [-0.15, -0.1) is 0 Å². The van der Waals surface area contributed by atoms with Crippen LogP contribution in [0.15, 0.2) is 22.7 Å². The van der Waals surface area contributed by atoms with E-state index in [1.54, 1.807) is 12.1 Å². The lowest BCUT2D eigenvalue weighted by atomic mass is 10.1. The Morgan fingerprint density at radius 3 is 2.56 bits per heavy atom. The molecule has 18 heavy (non-hydrogen) atoms. The first-order valence-electron chi connectivity index (χ1n) is 5.02. The van der Waals surface area contributed by atoms with Crippen LogP contribution < -0.4 is 11.1 Å². The molecular formula is C11H13BrN2O4. The highest BCUT2D eigenvalue weighted by Gasteiger charge is 2.30. The number of carboxylic acids is 1. The molecule has 0 aromatic heterocycles. The molecule has 0 saturated heterocycles. The van der Waals surface area contributed by atoms with Gasteiger partial charge in [0.2, 0.25) is 0 Å². The Bertz CT molecular complexity index is 468. The van der Waals surface area contributed by atoms with Crippen molar-refractivity contribution < 1.29 is 19.8 Å². The number of hydrogen-bond donors (Lipinski definition) is 4. The van der Waals surface area contributed by atoms with Gasteiger partial charge in [0.15, 0.2) is 5.60 Å². The Balaban J connectivity index is 2.75. The smallest absolute Gasteiger partial charge is 0.337 e. The second kappa shape index (κ2) is 5.36. The Hall–Kier alpha value is -1.60. The number of nitrogens with two attached hydrogens (primary N) is 1. The first-order valence-corrected chi connectivity index (χ1v) is 5.82. The zero-order chi connectivity index (χ0) is 13.9. The molecule has 5 N–H and O–H groups in total. The molecule has 0 heterocycles. The van der Waals surface area contributed by atoms with Crippen LogP contribution in [-0.2, 0) is 4.79 Å². The molecule has 1 atom stereocenters. The number of nitrogen functional groups attached to an aromatic ring is 1. The molecule has 0 aliphatic rings. The van der Waals surface area contributed by atoms with Crippen molar-refractivity contribution in [3.05, 3.63) is 28.2 Å². The topological polar surface area (TPSA) is 113 Å². The summed E-state index contributed by atoms with van der Waals surface area (Å²) in [5, 5.41) is 20.5. The SMILES string of the molecule is CC(O)(CNC(=O)c1cc(N)cc(Br)c1)C(=O)O. The van der Waals surface area contributed by atoms with Gasteiger partial charge < -0.3 is 21.3 Å². The lowest BCUT2D eigenvalue weighted by molar-refractivity contribution is -0.155. The standard InChI is InChI=1S/C11H13BrN2O4/c1-11(18,10(16)17)5-14-9(15)6-2-7(12)4-8(13)3-6/h2-4,18H,5,13H2,1H3,(H,14,15)(H,16,17). The Morgan fingerprint density at radius 1 is 1.44 bits per heavy atom. The summed E-state index contributed by atoms with van der Waals surface area (Å²) in [6.07, 6.45) is 0. The van der Waals surface area contributed by atoms with Crippen molar-refractivity contribution in [1.82, 2.24) is 5.32 Å². The van der Waals surface area contributed by atoms with Gasteiger partial charge in [0.25, 0.3) is 5.91 Å². The van der Waals surface area contributed by atoms with Crippen LogP contribution in [-0.4, -0.2) is 34.2 Å². The average Bonchev–Trinajstić information content (AvgIpc) is 2.24. The van der Waals surface area contributed by atoms with Gasteiger partial charge in [-0.05, 0) is 25.1 Å². The number of halogens is 1. The number of amides is 1. The van der Waals surface area contributed by atoms with E-state index in [-0.39, 0.29) is 5.56 Å². The molecule has 0 aliphatic heterocycles. The summed E-state index contributed by atoms with van der Waals surface area (Å²) in [6.45, 7) is 0.707. The van der Waals surface area contributed by atoms with E-state index >= 15 is 0 Å². The highest BCUT2D eigenvalue weighted by molar-refractivity contribution is 9.10. The fraction of sp³-hybridized carbons (Fsp3) is 0.273. The predicted octanol–water partition coefficient (Wildman–Crippen LogP) is 0.597. The number of carboxylic acid groups (broad SMARTS) is 1. The van der Waals surface area contributed by atoms with Gasteiger partial charge in [0.1, 0.15) is 0 Å². The molecule has 0 spiro atoms. The van der Waals surface area contributed by atoms with E-state index in [2.05, 4.69) is 21.2 Å². The first-order chi connectivity index (χ1) is 8.22. The van der Waals surface area contributed by atoms with E-state index in [0.29, 0.717) is 10.2 Å². The minimum atomic E-state index is -2.01. The van der Waals surface area contributed by atoms with Crippen molar-refractivity contribution in [3.8, 4) is 0 Å². The second-order valence-corrected chi connectivity index (χ2v) is 4.95. The molecule has 0 bridgehead atoms. The zero-order valence-corrected chi connectivity index (χ0v) is 11.2. The Labute approximate surface area is 112 Å². The molecule has 98 valence electrons. The van der Waals surface area contributed by atoms with Gasteiger partial charge >= 0.3 is 5.97 Å². The maximum Gasteiger partial charge on any atom is 0.337 e. The number of carbonyl (C=O) groups excluding carboxylic acids is 1. The molecule has 6 nitrogen and oxygen atoms in total. The van der Waals surface area contributed by atoms with Crippen LogP contribution in [0, 0.1) is 0 Å². The van der Waals surface area contributed by atoms with Crippen molar-refractivity contribution in [2.75, 3.05) is 12.3 Å². The maximum atomic E-state index is 11.7. The van der Waals surface area contributed by atoms with Gasteiger partial charge in [0, 0.05) is 15.7 Å². The van der Waals surface area contributed by atoms with E-state index in [0.717, 1.165) is 6.92 Å². The molecule has 0 fully saturated rings. The minimum absolute atomic E-state index is 0.281.